The van der Waals surface area contributed by atoms with E-state index >= 15 is 0 Å². The lowest BCUT2D eigenvalue weighted by Crippen LogP contribution is -2.35. The summed E-state index contributed by atoms with van der Waals surface area (Å²) in [6, 6.07) is 3.32. The van der Waals surface area contributed by atoms with Crippen LogP contribution in [0.1, 0.15) is 36.2 Å². The first-order chi connectivity index (χ1) is 9.17. The lowest BCUT2D eigenvalue weighted by Gasteiger charge is -2.21. The lowest BCUT2D eigenvalue weighted by molar-refractivity contribution is -0.161. The molecule has 1 aromatic rings. The molecule has 2 aliphatic rings. The van der Waals surface area contributed by atoms with Crippen LogP contribution >= 0.6 is 15.9 Å². The zero-order chi connectivity index (χ0) is 13.3. The lowest BCUT2D eigenvalue weighted by atomic mass is 10.2. The number of hydrogen-bond acceptors (Lipinski definition) is 4. The SMILES string of the molecule is O=C(NC[C@@H]1COC2(CCCC2)O1)c1ccc(Br)o1. The number of carbonyl (C=O) groups excluding carboxylic acids is 1. The average Bonchev–Trinajstić information content (AvgIpc) is 3.10. The second-order valence-electron chi connectivity index (χ2n) is 4.98. The summed E-state index contributed by atoms with van der Waals surface area (Å²) in [4.78, 5) is 11.8. The van der Waals surface area contributed by atoms with Gasteiger partial charge in [0.15, 0.2) is 16.2 Å². The number of amides is 1. The van der Waals surface area contributed by atoms with Crippen molar-refractivity contribution in [3.63, 3.8) is 0 Å². The molecule has 5 nitrogen and oxygen atoms in total. The molecule has 0 unspecified atom stereocenters. The molecule has 1 saturated carbocycles. The van der Waals surface area contributed by atoms with Gasteiger partial charge in [-0.25, -0.2) is 0 Å². The van der Waals surface area contributed by atoms with E-state index in [-0.39, 0.29) is 17.8 Å². The summed E-state index contributed by atoms with van der Waals surface area (Å²) in [7, 11) is 0. The predicted octanol–water partition coefficient (Wildman–Crippen LogP) is 2.46. The van der Waals surface area contributed by atoms with Gasteiger partial charge >= 0.3 is 0 Å². The van der Waals surface area contributed by atoms with Gasteiger partial charge in [-0.1, -0.05) is 0 Å². The van der Waals surface area contributed by atoms with Crippen molar-refractivity contribution in [1.82, 2.24) is 5.32 Å². The molecular weight excluding hydrogens is 314 g/mol. The summed E-state index contributed by atoms with van der Waals surface area (Å²) in [5.41, 5.74) is 0. The molecule has 1 aliphatic heterocycles. The van der Waals surface area contributed by atoms with Crippen LogP contribution in [0.3, 0.4) is 0 Å². The summed E-state index contributed by atoms with van der Waals surface area (Å²) in [5.74, 6) is -0.314. The number of carbonyl (C=O) groups is 1. The Balaban J connectivity index is 1.49. The summed E-state index contributed by atoms with van der Waals surface area (Å²) in [6.45, 7) is 0.987. The highest BCUT2D eigenvalue weighted by molar-refractivity contribution is 9.10. The molecule has 1 saturated heterocycles. The number of rotatable bonds is 3. The Morgan fingerprint density at radius 2 is 2.21 bits per heavy atom. The van der Waals surface area contributed by atoms with Crippen molar-refractivity contribution in [3.05, 3.63) is 22.6 Å². The van der Waals surface area contributed by atoms with Crippen LogP contribution in [-0.4, -0.2) is 30.9 Å². The van der Waals surface area contributed by atoms with E-state index in [0.29, 0.717) is 23.6 Å². The molecule has 0 radical (unpaired) electrons. The molecule has 1 N–H and O–H groups in total. The molecule has 19 heavy (non-hydrogen) atoms. The van der Waals surface area contributed by atoms with Crippen LogP contribution < -0.4 is 5.32 Å². The Bertz CT molecular complexity index is 467. The minimum absolute atomic E-state index is 0.0690. The van der Waals surface area contributed by atoms with E-state index in [2.05, 4.69) is 21.2 Å². The molecule has 104 valence electrons. The van der Waals surface area contributed by atoms with Crippen molar-refractivity contribution in [3.8, 4) is 0 Å². The fourth-order valence-corrected chi connectivity index (χ4v) is 2.93. The third-order valence-electron chi connectivity index (χ3n) is 3.57. The van der Waals surface area contributed by atoms with E-state index in [0.717, 1.165) is 25.7 Å². The summed E-state index contributed by atoms with van der Waals surface area (Å²) in [6.07, 6.45) is 4.16. The van der Waals surface area contributed by atoms with Crippen LogP contribution in [0.5, 0.6) is 0 Å². The van der Waals surface area contributed by atoms with Crippen molar-refractivity contribution in [1.29, 1.82) is 0 Å². The largest absolute Gasteiger partial charge is 0.444 e. The highest BCUT2D eigenvalue weighted by Gasteiger charge is 2.43. The highest BCUT2D eigenvalue weighted by Crippen LogP contribution is 2.38. The third-order valence-corrected chi connectivity index (χ3v) is 3.99. The maximum absolute atomic E-state index is 11.8. The van der Waals surface area contributed by atoms with Crippen LogP contribution in [0, 0.1) is 0 Å². The number of hydrogen-bond donors (Lipinski definition) is 1. The van der Waals surface area contributed by atoms with Gasteiger partial charge in [-0.05, 0) is 40.9 Å². The van der Waals surface area contributed by atoms with E-state index in [9.17, 15) is 4.79 Å². The molecule has 1 aromatic heterocycles. The molecule has 1 amide bonds. The fourth-order valence-electron chi connectivity index (χ4n) is 2.62. The van der Waals surface area contributed by atoms with Crippen molar-refractivity contribution in [2.45, 2.75) is 37.6 Å². The van der Waals surface area contributed by atoms with E-state index in [1.807, 2.05) is 0 Å². The summed E-state index contributed by atoms with van der Waals surface area (Å²) >= 11 is 3.17. The summed E-state index contributed by atoms with van der Waals surface area (Å²) < 4.78 is 17.4. The number of nitrogens with one attached hydrogen (secondary N) is 1. The Morgan fingerprint density at radius 1 is 1.42 bits per heavy atom. The van der Waals surface area contributed by atoms with Gasteiger partial charge in [-0.3, -0.25) is 4.79 Å². The zero-order valence-electron chi connectivity index (χ0n) is 10.5. The Hall–Kier alpha value is -0.850. The first kappa shape index (κ1) is 13.1. The smallest absolute Gasteiger partial charge is 0.287 e. The molecule has 2 fully saturated rings. The van der Waals surface area contributed by atoms with Crippen molar-refractivity contribution in [2.24, 2.45) is 0 Å². The monoisotopic (exact) mass is 329 g/mol. The van der Waals surface area contributed by atoms with Crippen LogP contribution in [-0.2, 0) is 9.47 Å². The Kier molecular flexibility index (Phi) is 3.64. The molecule has 0 bridgehead atoms. The molecule has 0 aromatic carbocycles. The van der Waals surface area contributed by atoms with E-state index in [4.69, 9.17) is 13.9 Å². The van der Waals surface area contributed by atoms with Crippen LogP contribution in [0.25, 0.3) is 0 Å². The zero-order valence-corrected chi connectivity index (χ0v) is 12.1. The quantitative estimate of drug-likeness (QED) is 0.925. The maximum Gasteiger partial charge on any atom is 0.287 e. The van der Waals surface area contributed by atoms with Gasteiger partial charge in [-0.2, -0.15) is 0 Å². The van der Waals surface area contributed by atoms with Crippen LogP contribution in [0.4, 0.5) is 0 Å². The van der Waals surface area contributed by atoms with Gasteiger partial charge < -0.3 is 19.2 Å². The maximum atomic E-state index is 11.8. The van der Waals surface area contributed by atoms with Gasteiger partial charge in [0.05, 0.1) is 6.61 Å². The van der Waals surface area contributed by atoms with Gasteiger partial charge in [0.1, 0.15) is 6.10 Å². The Labute approximate surface area is 119 Å². The van der Waals surface area contributed by atoms with Crippen molar-refractivity contribution >= 4 is 21.8 Å². The van der Waals surface area contributed by atoms with Gasteiger partial charge in [0.25, 0.3) is 5.91 Å². The van der Waals surface area contributed by atoms with Gasteiger partial charge in [0.2, 0.25) is 0 Å². The van der Waals surface area contributed by atoms with Crippen LogP contribution in [0.2, 0.25) is 0 Å². The van der Waals surface area contributed by atoms with E-state index < -0.39 is 0 Å². The third kappa shape index (κ3) is 2.85. The topological polar surface area (TPSA) is 60.7 Å². The average molecular weight is 330 g/mol. The van der Waals surface area contributed by atoms with E-state index in [1.165, 1.54) is 0 Å². The molecule has 2 heterocycles. The number of furan rings is 1. The van der Waals surface area contributed by atoms with Crippen LogP contribution in [0.15, 0.2) is 21.2 Å². The van der Waals surface area contributed by atoms with Crippen molar-refractivity contribution < 1.29 is 18.7 Å². The second kappa shape index (κ2) is 5.26. The number of halogens is 1. The molecule has 6 heteroatoms. The van der Waals surface area contributed by atoms with E-state index in [1.54, 1.807) is 12.1 Å². The minimum atomic E-state index is -0.372. The normalized spacial score (nSPS) is 25.0. The molecule has 1 spiro atoms. The molecule has 1 atom stereocenters. The van der Waals surface area contributed by atoms with Crippen molar-refractivity contribution in [2.75, 3.05) is 13.2 Å². The summed E-state index contributed by atoms with van der Waals surface area (Å²) in [5, 5.41) is 2.80. The van der Waals surface area contributed by atoms with Gasteiger partial charge in [-0.15, -0.1) is 0 Å². The molecule has 1 aliphatic carbocycles. The minimum Gasteiger partial charge on any atom is -0.444 e. The molecular formula is C13H16BrNO4. The molecule has 3 rings (SSSR count). The standard InChI is InChI=1S/C13H16BrNO4/c14-11-4-3-10(18-11)12(16)15-7-9-8-17-13(19-9)5-1-2-6-13/h3-4,9H,1-2,5-8H2,(H,15,16)/t9-/m1/s1. The highest BCUT2D eigenvalue weighted by atomic mass is 79.9. The first-order valence-corrected chi connectivity index (χ1v) is 7.31. The first-order valence-electron chi connectivity index (χ1n) is 6.52. The fraction of sp³-hybridized carbons (Fsp3) is 0.615. The predicted molar refractivity (Wildman–Crippen MR) is 70.8 cm³/mol. The Morgan fingerprint density at radius 3 is 2.89 bits per heavy atom. The number of ether oxygens (including phenoxy) is 2. The van der Waals surface area contributed by atoms with Gasteiger partial charge in [0, 0.05) is 19.4 Å². The second-order valence-corrected chi connectivity index (χ2v) is 5.76.